The van der Waals surface area contributed by atoms with Crippen molar-refractivity contribution in [3.05, 3.63) is 24.2 Å². The smallest absolute Gasteiger partial charge is 0.433 e. The highest BCUT2D eigenvalue weighted by Crippen LogP contribution is 2.22. The molecule has 0 radical (unpaired) electrons. The Morgan fingerprint density at radius 2 is 2.11 bits per heavy atom. The summed E-state index contributed by atoms with van der Waals surface area (Å²) in [6, 6.07) is 3.57. The van der Waals surface area contributed by atoms with Crippen LogP contribution in [-0.2, 0) is 4.74 Å². The van der Waals surface area contributed by atoms with Crippen LogP contribution in [0.1, 0.15) is 40.4 Å². The molecule has 0 spiro atoms. The number of furan rings is 1. The molecule has 0 saturated heterocycles. The Bertz CT molecular complexity index is 411. The van der Waals surface area contributed by atoms with Crippen LogP contribution in [-0.4, -0.2) is 18.4 Å². The summed E-state index contributed by atoms with van der Waals surface area (Å²) in [5.41, 5.74) is 0.315. The fourth-order valence-corrected chi connectivity index (χ4v) is 1.37. The predicted octanol–water partition coefficient (Wildman–Crippen LogP) is 3.91. The summed E-state index contributed by atoms with van der Waals surface area (Å²) >= 11 is 0. The van der Waals surface area contributed by atoms with E-state index in [1.807, 2.05) is 34.6 Å². The molecular weight excluding hydrogens is 230 g/mol. The molecular formula is C14H21NO3. The molecule has 1 aromatic rings. The van der Waals surface area contributed by atoms with Crippen LogP contribution < -0.4 is 0 Å². The molecule has 0 atom stereocenters. The summed E-state index contributed by atoms with van der Waals surface area (Å²) in [5.74, 6) is 0.898. The second-order valence-electron chi connectivity index (χ2n) is 5.66. The topological polar surface area (TPSA) is 51.8 Å². The van der Waals surface area contributed by atoms with Gasteiger partial charge < -0.3 is 9.15 Å². The molecule has 1 rings (SSSR count). The Hall–Kier alpha value is -1.58. The average molecular weight is 251 g/mol. The van der Waals surface area contributed by atoms with E-state index in [9.17, 15) is 4.79 Å². The fraction of sp³-hybridized carbons (Fsp3) is 0.571. The molecule has 18 heavy (non-hydrogen) atoms. The molecule has 100 valence electrons. The monoisotopic (exact) mass is 251 g/mol. The molecule has 0 bridgehead atoms. The summed E-state index contributed by atoms with van der Waals surface area (Å²) in [6.45, 7) is 10.3. The summed E-state index contributed by atoms with van der Waals surface area (Å²) in [4.78, 5) is 15.7. The normalized spacial score (nSPS) is 12.9. The lowest BCUT2D eigenvalue weighted by Gasteiger charge is -2.19. The van der Waals surface area contributed by atoms with Gasteiger partial charge >= 0.3 is 6.09 Å². The van der Waals surface area contributed by atoms with Crippen molar-refractivity contribution in [1.29, 1.82) is 0 Å². The van der Waals surface area contributed by atoms with E-state index in [-0.39, 0.29) is 5.41 Å². The first-order valence-electron chi connectivity index (χ1n) is 6.10. The van der Waals surface area contributed by atoms with Crippen LogP contribution in [0.3, 0.4) is 0 Å². The van der Waals surface area contributed by atoms with Crippen molar-refractivity contribution in [2.24, 2.45) is 16.3 Å². The lowest BCUT2D eigenvalue weighted by molar-refractivity contribution is 0.143. The van der Waals surface area contributed by atoms with Crippen LogP contribution in [0, 0.1) is 11.3 Å². The van der Waals surface area contributed by atoms with Gasteiger partial charge in [0.2, 0.25) is 0 Å². The van der Waals surface area contributed by atoms with Gasteiger partial charge in [0, 0.05) is 5.41 Å². The van der Waals surface area contributed by atoms with Crippen LogP contribution >= 0.6 is 0 Å². The number of amides is 1. The fourth-order valence-electron chi connectivity index (χ4n) is 1.37. The van der Waals surface area contributed by atoms with Gasteiger partial charge in [-0.2, -0.15) is 4.99 Å². The molecule has 1 heterocycles. The molecule has 0 N–H and O–H groups in total. The molecule has 0 saturated carbocycles. The van der Waals surface area contributed by atoms with E-state index in [2.05, 4.69) is 4.99 Å². The van der Waals surface area contributed by atoms with E-state index in [1.165, 1.54) is 0 Å². The second kappa shape index (κ2) is 5.85. The Balaban J connectivity index is 2.88. The number of aliphatic imine (C=N–C) groups is 1. The summed E-state index contributed by atoms with van der Waals surface area (Å²) in [5, 5.41) is 0. The molecule has 4 nitrogen and oxygen atoms in total. The lowest BCUT2D eigenvalue weighted by Crippen LogP contribution is -2.23. The number of ether oxygens (including phenoxy) is 1. The minimum absolute atomic E-state index is 0.283. The Labute approximate surface area is 108 Å². The van der Waals surface area contributed by atoms with E-state index in [0.717, 1.165) is 0 Å². The van der Waals surface area contributed by atoms with Gasteiger partial charge in [-0.25, -0.2) is 4.79 Å². The molecule has 0 aliphatic heterocycles. The van der Waals surface area contributed by atoms with Gasteiger partial charge in [-0.1, -0.05) is 34.6 Å². The lowest BCUT2D eigenvalue weighted by atomic mass is 9.88. The van der Waals surface area contributed by atoms with Gasteiger partial charge in [0.05, 0.1) is 18.6 Å². The van der Waals surface area contributed by atoms with Crippen molar-refractivity contribution in [3.63, 3.8) is 0 Å². The summed E-state index contributed by atoms with van der Waals surface area (Å²) < 4.78 is 10.4. The van der Waals surface area contributed by atoms with E-state index >= 15 is 0 Å². The largest absolute Gasteiger partial charge is 0.463 e. The highest BCUT2D eigenvalue weighted by Gasteiger charge is 2.24. The maximum absolute atomic E-state index is 11.6. The van der Waals surface area contributed by atoms with Crippen molar-refractivity contribution >= 4 is 11.8 Å². The standard InChI is InChI=1S/C14H21NO3/c1-10(2)9-18-13(16)15-12(14(3,4)5)11-7-6-8-17-11/h6-8,10H,9H2,1-5H3. The molecule has 4 heteroatoms. The molecule has 0 aromatic carbocycles. The van der Waals surface area contributed by atoms with E-state index in [4.69, 9.17) is 9.15 Å². The summed E-state index contributed by atoms with van der Waals surface area (Å²) in [6.07, 6.45) is 1.00. The number of carbonyl (C=O) groups excluding carboxylic acids is 1. The minimum atomic E-state index is -0.565. The Morgan fingerprint density at radius 1 is 1.44 bits per heavy atom. The van der Waals surface area contributed by atoms with Gasteiger partial charge in [-0.15, -0.1) is 0 Å². The third-order valence-electron chi connectivity index (χ3n) is 2.21. The number of hydrogen-bond acceptors (Lipinski definition) is 3. The molecule has 1 amide bonds. The number of nitrogens with zero attached hydrogens (tertiary/aromatic N) is 1. The third-order valence-corrected chi connectivity index (χ3v) is 2.21. The molecule has 0 aliphatic rings. The van der Waals surface area contributed by atoms with Crippen molar-refractivity contribution in [2.75, 3.05) is 6.61 Å². The Kier molecular flexibility index (Phi) is 4.70. The third kappa shape index (κ3) is 4.35. The number of carbonyl (C=O) groups is 1. The maximum Gasteiger partial charge on any atom is 0.433 e. The molecule has 1 aromatic heterocycles. The van der Waals surface area contributed by atoms with Crippen LogP contribution in [0.25, 0.3) is 0 Å². The van der Waals surface area contributed by atoms with Crippen LogP contribution in [0.5, 0.6) is 0 Å². The second-order valence-corrected chi connectivity index (χ2v) is 5.66. The van der Waals surface area contributed by atoms with Crippen LogP contribution in [0.2, 0.25) is 0 Å². The zero-order chi connectivity index (χ0) is 13.8. The van der Waals surface area contributed by atoms with E-state index in [0.29, 0.717) is 24.0 Å². The maximum atomic E-state index is 11.6. The molecule has 0 fully saturated rings. The first kappa shape index (κ1) is 14.5. The zero-order valence-electron chi connectivity index (χ0n) is 11.7. The van der Waals surface area contributed by atoms with E-state index in [1.54, 1.807) is 18.4 Å². The number of hydrogen-bond donors (Lipinski definition) is 0. The van der Waals surface area contributed by atoms with Gasteiger partial charge in [0.15, 0.2) is 0 Å². The Morgan fingerprint density at radius 3 is 2.56 bits per heavy atom. The highest BCUT2D eigenvalue weighted by molar-refractivity contribution is 6.06. The van der Waals surface area contributed by atoms with Gasteiger partial charge in [0.1, 0.15) is 5.76 Å². The quantitative estimate of drug-likeness (QED) is 0.765. The molecule has 0 aliphatic carbocycles. The van der Waals surface area contributed by atoms with E-state index < -0.39 is 6.09 Å². The zero-order valence-corrected chi connectivity index (χ0v) is 11.7. The van der Waals surface area contributed by atoms with Crippen LogP contribution in [0.4, 0.5) is 4.79 Å². The van der Waals surface area contributed by atoms with Crippen molar-refractivity contribution in [1.82, 2.24) is 0 Å². The van der Waals surface area contributed by atoms with Gasteiger partial charge in [-0.05, 0) is 18.1 Å². The van der Waals surface area contributed by atoms with Gasteiger partial charge in [0.25, 0.3) is 0 Å². The first-order chi connectivity index (χ1) is 8.30. The SMILES string of the molecule is CC(C)COC(=O)N=C(c1ccco1)C(C)(C)C. The van der Waals surface area contributed by atoms with Gasteiger partial charge in [-0.3, -0.25) is 0 Å². The molecule has 0 unspecified atom stereocenters. The number of rotatable bonds is 3. The average Bonchev–Trinajstić information content (AvgIpc) is 2.74. The van der Waals surface area contributed by atoms with Crippen molar-refractivity contribution < 1.29 is 13.9 Å². The first-order valence-corrected chi connectivity index (χ1v) is 6.10. The van der Waals surface area contributed by atoms with Crippen molar-refractivity contribution in [2.45, 2.75) is 34.6 Å². The van der Waals surface area contributed by atoms with Crippen molar-refractivity contribution in [3.8, 4) is 0 Å². The predicted molar refractivity (Wildman–Crippen MR) is 70.9 cm³/mol. The van der Waals surface area contributed by atoms with Crippen LogP contribution in [0.15, 0.2) is 27.8 Å². The highest BCUT2D eigenvalue weighted by atomic mass is 16.5. The summed E-state index contributed by atoms with van der Waals surface area (Å²) in [7, 11) is 0. The minimum Gasteiger partial charge on any atom is -0.463 e.